The fourth-order valence-corrected chi connectivity index (χ4v) is 2.38. The number of hydrogen-bond acceptors (Lipinski definition) is 2. The molecule has 1 spiro atoms. The first-order valence-corrected chi connectivity index (χ1v) is 4.10. The number of nitrogens with one attached hydrogen (secondary N) is 1. The smallest absolute Gasteiger partial charge is 0.00507 e. The van der Waals surface area contributed by atoms with Crippen LogP contribution in [0.3, 0.4) is 0 Å². The van der Waals surface area contributed by atoms with E-state index in [1.54, 1.807) is 0 Å². The fourth-order valence-electron chi connectivity index (χ4n) is 2.38. The van der Waals surface area contributed by atoms with Crippen LogP contribution in [0.1, 0.15) is 6.42 Å². The van der Waals surface area contributed by atoms with Gasteiger partial charge >= 0.3 is 0 Å². The Hall–Kier alpha value is -0.0800. The molecule has 0 aromatic carbocycles. The van der Waals surface area contributed by atoms with E-state index in [-0.39, 0.29) is 0 Å². The number of nitrogens with zero attached hydrogens (tertiary/aromatic N) is 1. The predicted octanol–water partition coefficient (Wildman–Crippen LogP) is 0.157. The van der Waals surface area contributed by atoms with Gasteiger partial charge in [0, 0.05) is 18.5 Å². The molecule has 2 heteroatoms. The molecule has 2 rings (SSSR count). The minimum atomic E-state index is 0.776. The van der Waals surface area contributed by atoms with E-state index in [0.29, 0.717) is 0 Å². The first kappa shape index (κ1) is 6.62. The van der Waals surface area contributed by atoms with Gasteiger partial charge in [0.1, 0.15) is 0 Å². The highest BCUT2D eigenvalue weighted by atomic mass is 15.2. The van der Waals surface area contributed by atoms with Crippen LogP contribution in [-0.4, -0.2) is 38.6 Å². The van der Waals surface area contributed by atoms with Crippen LogP contribution in [0.2, 0.25) is 0 Å². The van der Waals surface area contributed by atoms with Crippen LogP contribution < -0.4 is 5.32 Å². The van der Waals surface area contributed by atoms with Gasteiger partial charge in [-0.05, 0) is 33.0 Å². The summed E-state index contributed by atoms with van der Waals surface area (Å²) in [6, 6.07) is 0. The molecule has 1 saturated heterocycles. The zero-order chi connectivity index (χ0) is 7.19. The third-order valence-corrected chi connectivity index (χ3v) is 2.98. The molecule has 1 saturated carbocycles. The van der Waals surface area contributed by atoms with Crippen LogP contribution in [0.5, 0.6) is 0 Å². The molecule has 1 aliphatic carbocycles. The summed E-state index contributed by atoms with van der Waals surface area (Å²) in [6.07, 6.45) is 1.47. The van der Waals surface area contributed by atoms with E-state index in [2.05, 4.69) is 24.3 Å². The maximum absolute atomic E-state index is 3.25. The van der Waals surface area contributed by atoms with Gasteiger partial charge in [0.2, 0.25) is 0 Å². The van der Waals surface area contributed by atoms with Crippen molar-refractivity contribution in [3.05, 3.63) is 0 Å². The molecule has 1 unspecified atom stereocenters. The van der Waals surface area contributed by atoms with Crippen LogP contribution in [-0.2, 0) is 0 Å². The second-order valence-corrected chi connectivity index (χ2v) is 3.99. The predicted molar refractivity (Wildman–Crippen MR) is 42.0 cm³/mol. The van der Waals surface area contributed by atoms with Crippen molar-refractivity contribution < 1.29 is 0 Å². The van der Waals surface area contributed by atoms with Crippen molar-refractivity contribution in [3.63, 3.8) is 0 Å². The molecule has 1 aliphatic heterocycles. The third-order valence-electron chi connectivity index (χ3n) is 2.98. The van der Waals surface area contributed by atoms with Crippen molar-refractivity contribution in [2.75, 3.05) is 33.7 Å². The molecule has 0 radical (unpaired) electrons. The average molecular weight is 140 g/mol. The van der Waals surface area contributed by atoms with Crippen molar-refractivity contribution in [1.29, 1.82) is 0 Å². The Balaban J connectivity index is 1.79. The summed E-state index contributed by atoms with van der Waals surface area (Å²) >= 11 is 0. The Kier molecular flexibility index (Phi) is 1.29. The van der Waals surface area contributed by atoms with E-state index >= 15 is 0 Å². The molecule has 1 heterocycles. The van der Waals surface area contributed by atoms with Gasteiger partial charge in [0.15, 0.2) is 0 Å². The highest BCUT2D eigenvalue weighted by molar-refractivity contribution is 5.11. The Bertz CT molecular complexity index is 138. The lowest BCUT2D eigenvalue weighted by Gasteiger charge is -2.38. The first-order valence-electron chi connectivity index (χ1n) is 4.10. The van der Waals surface area contributed by atoms with Gasteiger partial charge < -0.3 is 10.2 Å². The van der Waals surface area contributed by atoms with Gasteiger partial charge in [-0.1, -0.05) is 0 Å². The molecule has 2 fully saturated rings. The van der Waals surface area contributed by atoms with E-state index in [0.717, 1.165) is 11.3 Å². The maximum Gasteiger partial charge on any atom is 0.00507 e. The van der Waals surface area contributed by atoms with E-state index in [4.69, 9.17) is 0 Å². The summed E-state index contributed by atoms with van der Waals surface area (Å²) < 4.78 is 0. The summed E-state index contributed by atoms with van der Waals surface area (Å²) in [4.78, 5) is 2.41. The molecule has 2 aliphatic rings. The Morgan fingerprint density at radius 2 is 2.30 bits per heavy atom. The summed E-state index contributed by atoms with van der Waals surface area (Å²) in [7, 11) is 4.26. The Morgan fingerprint density at radius 3 is 2.80 bits per heavy atom. The average Bonchev–Trinajstić information content (AvgIpc) is 2.43. The normalized spacial score (nSPS) is 36.0. The van der Waals surface area contributed by atoms with Crippen LogP contribution >= 0.6 is 0 Å². The Labute approximate surface area is 62.6 Å². The summed E-state index contributed by atoms with van der Waals surface area (Å²) in [5.74, 6) is 0.994. The lowest BCUT2D eigenvalue weighted by molar-refractivity contribution is 0.0992. The summed E-state index contributed by atoms with van der Waals surface area (Å²) in [5, 5.41) is 3.25. The van der Waals surface area contributed by atoms with Crippen LogP contribution in [0.25, 0.3) is 0 Å². The largest absolute Gasteiger partial charge is 0.319 e. The van der Waals surface area contributed by atoms with Crippen LogP contribution in [0, 0.1) is 11.3 Å². The SMILES string of the molecule is CNCC1CC12CN(C)C2. The monoisotopic (exact) mass is 140 g/mol. The second kappa shape index (κ2) is 1.95. The molecular formula is C8H16N2. The van der Waals surface area contributed by atoms with Gasteiger partial charge in [0.25, 0.3) is 0 Å². The number of likely N-dealkylation sites (tertiary alicyclic amines) is 1. The lowest BCUT2D eigenvalue weighted by Crippen LogP contribution is -2.47. The maximum atomic E-state index is 3.25. The molecule has 0 amide bonds. The quantitative estimate of drug-likeness (QED) is 0.587. The minimum Gasteiger partial charge on any atom is -0.319 e. The molecule has 58 valence electrons. The fraction of sp³-hybridized carbons (Fsp3) is 1.00. The Morgan fingerprint density at radius 1 is 1.60 bits per heavy atom. The van der Waals surface area contributed by atoms with E-state index in [1.807, 2.05) is 0 Å². The first-order chi connectivity index (χ1) is 4.77. The molecule has 2 nitrogen and oxygen atoms in total. The molecule has 0 aromatic heterocycles. The van der Waals surface area contributed by atoms with Crippen molar-refractivity contribution in [1.82, 2.24) is 10.2 Å². The van der Waals surface area contributed by atoms with E-state index in [9.17, 15) is 0 Å². The molecule has 10 heavy (non-hydrogen) atoms. The highest BCUT2D eigenvalue weighted by Crippen LogP contribution is 2.57. The van der Waals surface area contributed by atoms with Gasteiger partial charge in [0.05, 0.1) is 0 Å². The van der Waals surface area contributed by atoms with Crippen molar-refractivity contribution in [3.8, 4) is 0 Å². The molecule has 1 N–H and O–H groups in total. The van der Waals surface area contributed by atoms with Gasteiger partial charge in [-0.15, -0.1) is 0 Å². The zero-order valence-electron chi connectivity index (χ0n) is 6.85. The molecule has 0 aromatic rings. The zero-order valence-corrected chi connectivity index (χ0v) is 6.85. The second-order valence-electron chi connectivity index (χ2n) is 3.99. The molecule has 0 bridgehead atoms. The summed E-state index contributed by atoms with van der Waals surface area (Å²) in [5.41, 5.74) is 0.776. The third kappa shape index (κ3) is 0.789. The van der Waals surface area contributed by atoms with Gasteiger partial charge in [-0.3, -0.25) is 0 Å². The summed E-state index contributed by atoms with van der Waals surface area (Å²) in [6.45, 7) is 3.92. The number of hydrogen-bond donors (Lipinski definition) is 1. The van der Waals surface area contributed by atoms with Gasteiger partial charge in [-0.25, -0.2) is 0 Å². The topological polar surface area (TPSA) is 15.3 Å². The molecular weight excluding hydrogens is 124 g/mol. The van der Waals surface area contributed by atoms with Crippen molar-refractivity contribution in [2.45, 2.75) is 6.42 Å². The van der Waals surface area contributed by atoms with Crippen molar-refractivity contribution >= 4 is 0 Å². The standard InChI is InChI=1S/C8H16N2/c1-9-4-7-3-8(7)5-10(2)6-8/h7,9H,3-6H2,1-2H3. The van der Waals surface area contributed by atoms with Crippen molar-refractivity contribution in [2.24, 2.45) is 11.3 Å². The minimum absolute atomic E-state index is 0.776. The van der Waals surface area contributed by atoms with E-state index < -0.39 is 0 Å². The number of rotatable bonds is 2. The lowest BCUT2D eigenvalue weighted by atomic mass is 9.94. The van der Waals surface area contributed by atoms with E-state index in [1.165, 1.54) is 26.1 Å². The van der Waals surface area contributed by atoms with Crippen LogP contribution in [0.15, 0.2) is 0 Å². The molecule has 1 atom stereocenters. The van der Waals surface area contributed by atoms with Crippen LogP contribution in [0.4, 0.5) is 0 Å². The van der Waals surface area contributed by atoms with Gasteiger partial charge in [-0.2, -0.15) is 0 Å². The highest BCUT2D eigenvalue weighted by Gasteiger charge is 2.59.